The fraction of sp³-hybridized carbons (Fsp3) is 0.150. The first kappa shape index (κ1) is 17.0. The Labute approximate surface area is 142 Å². The van der Waals surface area contributed by atoms with Crippen molar-refractivity contribution in [1.82, 2.24) is 0 Å². The molecule has 0 aromatic heterocycles. The predicted molar refractivity (Wildman–Crippen MR) is 89.2 cm³/mol. The zero-order valence-electron chi connectivity index (χ0n) is 13.5. The summed E-state index contributed by atoms with van der Waals surface area (Å²) in [7, 11) is 0. The Morgan fingerprint density at radius 3 is 2.28 bits per heavy atom. The van der Waals surface area contributed by atoms with Crippen molar-refractivity contribution in [3.63, 3.8) is 0 Å². The van der Waals surface area contributed by atoms with Gasteiger partial charge in [-0.25, -0.2) is 18.0 Å². The number of esters is 1. The summed E-state index contributed by atoms with van der Waals surface area (Å²) in [5.41, 5.74) is 0.630. The first-order valence-electron chi connectivity index (χ1n) is 7.87. The van der Waals surface area contributed by atoms with Crippen molar-refractivity contribution >= 4 is 16.7 Å². The molecule has 0 aliphatic rings. The molecule has 25 heavy (non-hydrogen) atoms. The number of hydrogen-bond acceptors (Lipinski definition) is 2. The molecule has 0 radical (unpaired) electrons. The molecule has 0 saturated carbocycles. The van der Waals surface area contributed by atoms with Gasteiger partial charge in [0.05, 0.1) is 5.56 Å². The quantitative estimate of drug-likeness (QED) is 0.466. The van der Waals surface area contributed by atoms with Gasteiger partial charge in [0, 0.05) is 0 Å². The number of ether oxygens (including phenoxy) is 1. The minimum Gasteiger partial charge on any atom is -0.423 e. The summed E-state index contributed by atoms with van der Waals surface area (Å²) < 4.78 is 45.8. The molecule has 0 N–H and O–H groups in total. The van der Waals surface area contributed by atoms with Gasteiger partial charge in [0.15, 0.2) is 11.6 Å². The molecule has 2 nitrogen and oxygen atoms in total. The van der Waals surface area contributed by atoms with Crippen LogP contribution in [-0.4, -0.2) is 5.97 Å². The van der Waals surface area contributed by atoms with Gasteiger partial charge in [-0.05, 0) is 59.2 Å². The summed E-state index contributed by atoms with van der Waals surface area (Å²) in [6, 6.07) is 10.8. The van der Waals surface area contributed by atoms with E-state index in [9.17, 15) is 18.0 Å². The number of carbonyl (C=O) groups excluding carboxylic acids is 1. The molecule has 0 spiro atoms. The number of fused-ring (bicyclic) bond motifs is 1. The normalized spacial score (nSPS) is 10.9. The second kappa shape index (κ2) is 6.97. The summed E-state index contributed by atoms with van der Waals surface area (Å²) in [5, 5.41) is 0.844. The summed E-state index contributed by atoms with van der Waals surface area (Å²) in [6.07, 6.45) is 1.59. The van der Waals surface area contributed by atoms with Gasteiger partial charge >= 0.3 is 5.97 Å². The highest BCUT2D eigenvalue weighted by Gasteiger charge is 2.15. The van der Waals surface area contributed by atoms with Crippen molar-refractivity contribution < 1.29 is 22.7 Å². The average Bonchev–Trinajstić information content (AvgIpc) is 2.56. The molecule has 128 valence electrons. The molecule has 0 aliphatic heterocycles. The van der Waals surface area contributed by atoms with Crippen LogP contribution in [0.4, 0.5) is 13.2 Å². The number of halogens is 3. The zero-order chi connectivity index (χ0) is 18.0. The summed E-state index contributed by atoms with van der Waals surface area (Å²) in [5.74, 6) is -3.31. The maximum Gasteiger partial charge on any atom is 0.346 e. The predicted octanol–water partition coefficient (Wildman–Crippen LogP) is 5.43. The van der Waals surface area contributed by atoms with Gasteiger partial charge in [0.1, 0.15) is 11.6 Å². The van der Waals surface area contributed by atoms with Crippen molar-refractivity contribution in [1.29, 1.82) is 0 Å². The minimum atomic E-state index is -0.992. The molecular weight excluding hydrogens is 329 g/mol. The molecule has 0 heterocycles. The molecule has 0 atom stereocenters. The van der Waals surface area contributed by atoms with E-state index in [4.69, 9.17) is 4.74 Å². The Morgan fingerprint density at radius 1 is 0.880 bits per heavy atom. The molecular formula is C20H15F3O2. The highest BCUT2D eigenvalue weighted by molar-refractivity contribution is 5.92. The van der Waals surface area contributed by atoms with Crippen molar-refractivity contribution in [2.45, 2.75) is 19.8 Å². The molecule has 0 unspecified atom stereocenters. The average molecular weight is 344 g/mol. The topological polar surface area (TPSA) is 26.3 Å². The summed E-state index contributed by atoms with van der Waals surface area (Å²) in [4.78, 5) is 12.2. The van der Waals surface area contributed by atoms with E-state index < -0.39 is 23.4 Å². The van der Waals surface area contributed by atoms with E-state index in [0.717, 1.165) is 30.5 Å². The van der Waals surface area contributed by atoms with E-state index in [1.165, 1.54) is 30.3 Å². The molecule has 0 saturated heterocycles. The van der Waals surface area contributed by atoms with Crippen LogP contribution in [0.3, 0.4) is 0 Å². The minimum absolute atomic E-state index is 0.126. The maximum absolute atomic E-state index is 14.1. The molecule has 0 amide bonds. The number of rotatable bonds is 4. The third-order valence-corrected chi connectivity index (χ3v) is 3.85. The van der Waals surface area contributed by atoms with Gasteiger partial charge in [-0.2, -0.15) is 0 Å². The molecule has 0 fully saturated rings. The highest BCUT2D eigenvalue weighted by Crippen LogP contribution is 2.24. The SMILES string of the molecule is CCCc1ccc(C(=O)Oc2ccc3cc(F)c(F)cc3c2)c(F)c1. The number of aryl methyl sites for hydroxylation is 1. The molecule has 3 aromatic rings. The Balaban J connectivity index is 1.85. The third kappa shape index (κ3) is 3.65. The second-order valence-electron chi connectivity index (χ2n) is 5.73. The van der Waals surface area contributed by atoms with Crippen molar-refractivity contribution in [3.8, 4) is 5.75 Å². The van der Waals surface area contributed by atoms with Gasteiger partial charge in [-0.15, -0.1) is 0 Å². The Hall–Kier alpha value is -2.82. The number of carbonyl (C=O) groups is 1. The van der Waals surface area contributed by atoms with E-state index in [0.29, 0.717) is 10.8 Å². The van der Waals surface area contributed by atoms with E-state index in [-0.39, 0.29) is 11.3 Å². The van der Waals surface area contributed by atoms with Crippen molar-refractivity contribution in [2.24, 2.45) is 0 Å². The Morgan fingerprint density at radius 2 is 1.60 bits per heavy atom. The van der Waals surface area contributed by atoms with Crippen LogP contribution in [0.15, 0.2) is 48.5 Å². The fourth-order valence-electron chi connectivity index (χ4n) is 2.61. The van der Waals surface area contributed by atoms with E-state index >= 15 is 0 Å². The van der Waals surface area contributed by atoms with E-state index in [1.54, 1.807) is 6.07 Å². The van der Waals surface area contributed by atoms with Gasteiger partial charge in [0.2, 0.25) is 0 Å². The maximum atomic E-state index is 14.1. The zero-order valence-corrected chi connectivity index (χ0v) is 13.5. The highest BCUT2D eigenvalue weighted by atomic mass is 19.2. The summed E-state index contributed by atoms with van der Waals surface area (Å²) in [6.45, 7) is 1.98. The Kier molecular flexibility index (Phi) is 4.74. The lowest BCUT2D eigenvalue weighted by atomic mass is 10.1. The van der Waals surface area contributed by atoms with Gasteiger partial charge in [-0.1, -0.05) is 25.5 Å². The standard InChI is InChI=1S/C20H15F3O2/c1-2-3-12-4-7-16(17(21)8-12)20(24)25-15-6-5-13-10-18(22)19(23)11-14(13)9-15/h4-11H,2-3H2,1H3. The Bertz CT molecular complexity index is 951. The van der Waals surface area contributed by atoms with Crippen LogP contribution in [-0.2, 0) is 6.42 Å². The van der Waals surface area contributed by atoms with Crippen LogP contribution in [0.5, 0.6) is 5.75 Å². The fourth-order valence-corrected chi connectivity index (χ4v) is 2.61. The second-order valence-corrected chi connectivity index (χ2v) is 5.73. The van der Waals surface area contributed by atoms with E-state index in [1.807, 2.05) is 6.92 Å². The number of benzene rings is 3. The van der Waals surface area contributed by atoms with Crippen molar-refractivity contribution in [2.75, 3.05) is 0 Å². The molecule has 0 aliphatic carbocycles. The lowest BCUT2D eigenvalue weighted by molar-refractivity contribution is 0.0730. The smallest absolute Gasteiger partial charge is 0.346 e. The van der Waals surface area contributed by atoms with Gasteiger partial charge in [0.25, 0.3) is 0 Å². The van der Waals surface area contributed by atoms with Crippen LogP contribution in [0.2, 0.25) is 0 Å². The lowest BCUT2D eigenvalue weighted by Crippen LogP contribution is -2.11. The molecule has 5 heteroatoms. The monoisotopic (exact) mass is 344 g/mol. The van der Waals surface area contributed by atoms with Crippen LogP contribution < -0.4 is 4.74 Å². The van der Waals surface area contributed by atoms with Crippen LogP contribution in [0.1, 0.15) is 29.3 Å². The van der Waals surface area contributed by atoms with E-state index in [2.05, 4.69) is 0 Å². The lowest BCUT2D eigenvalue weighted by Gasteiger charge is -2.08. The first-order valence-corrected chi connectivity index (χ1v) is 7.87. The van der Waals surface area contributed by atoms with Gasteiger partial charge in [-0.3, -0.25) is 0 Å². The largest absolute Gasteiger partial charge is 0.423 e. The molecule has 3 rings (SSSR count). The first-order chi connectivity index (χ1) is 12.0. The summed E-state index contributed by atoms with van der Waals surface area (Å²) >= 11 is 0. The molecule has 3 aromatic carbocycles. The molecule has 0 bridgehead atoms. The van der Waals surface area contributed by atoms with Crippen molar-refractivity contribution in [3.05, 3.63) is 77.1 Å². The van der Waals surface area contributed by atoms with Crippen LogP contribution in [0.25, 0.3) is 10.8 Å². The van der Waals surface area contributed by atoms with Crippen LogP contribution in [0, 0.1) is 17.5 Å². The van der Waals surface area contributed by atoms with Crippen LogP contribution >= 0.6 is 0 Å². The number of hydrogen-bond donors (Lipinski definition) is 0. The van der Waals surface area contributed by atoms with Gasteiger partial charge < -0.3 is 4.74 Å². The third-order valence-electron chi connectivity index (χ3n) is 3.85.